The second-order valence-electron chi connectivity index (χ2n) is 4.85. The molecule has 1 unspecified atom stereocenters. The molecule has 100 valence electrons. The molecule has 2 rings (SSSR count). The molecule has 1 aromatic rings. The van der Waals surface area contributed by atoms with Crippen LogP contribution in [0, 0.1) is 0 Å². The zero-order chi connectivity index (χ0) is 13.0. The van der Waals surface area contributed by atoms with Gasteiger partial charge in [0.25, 0.3) is 5.56 Å². The summed E-state index contributed by atoms with van der Waals surface area (Å²) in [6.07, 6.45) is 5.66. The first-order valence-corrected chi connectivity index (χ1v) is 7.49. The summed E-state index contributed by atoms with van der Waals surface area (Å²) in [6.45, 7) is 5.05. The van der Waals surface area contributed by atoms with Gasteiger partial charge in [0.15, 0.2) is 5.16 Å². The second-order valence-corrected chi connectivity index (χ2v) is 5.84. The van der Waals surface area contributed by atoms with Gasteiger partial charge in [0.05, 0.1) is 6.10 Å². The predicted molar refractivity (Wildman–Crippen MR) is 73.2 cm³/mol. The predicted octanol–water partition coefficient (Wildman–Crippen LogP) is 2.49. The zero-order valence-electron chi connectivity index (χ0n) is 11.0. The monoisotopic (exact) mass is 268 g/mol. The molecule has 0 N–H and O–H groups in total. The molecule has 0 aromatic carbocycles. The molecule has 1 aliphatic heterocycles. The largest absolute Gasteiger partial charge is 0.377 e. The van der Waals surface area contributed by atoms with Gasteiger partial charge in [0.1, 0.15) is 0 Å². The summed E-state index contributed by atoms with van der Waals surface area (Å²) in [5.41, 5.74) is -0.168. The minimum absolute atomic E-state index is 0.168. The number of aromatic nitrogens is 2. The highest BCUT2D eigenvalue weighted by Crippen LogP contribution is 2.23. The number of thioether (sulfide) groups is 1. The zero-order valence-corrected chi connectivity index (χ0v) is 11.8. The van der Waals surface area contributed by atoms with Gasteiger partial charge in [-0.25, -0.2) is 0 Å². The molecule has 4 nitrogen and oxygen atoms in total. The van der Waals surface area contributed by atoms with Crippen molar-refractivity contribution in [1.29, 1.82) is 0 Å². The average Bonchev–Trinajstić information content (AvgIpc) is 2.37. The molecule has 0 aliphatic carbocycles. The maximum absolute atomic E-state index is 11.3. The van der Waals surface area contributed by atoms with Crippen LogP contribution in [0.15, 0.2) is 22.2 Å². The molecule has 1 saturated heterocycles. The van der Waals surface area contributed by atoms with Crippen molar-refractivity contribution in [3.05, 3.63) is 22.6 Å². The van der Waals surface area contributed by atoms with Gasteiger partial charge in [0.2, 0.25) is 0 Å². The summed E-state index contributed by atoms with van der Waals surface area (Å²) in [6, 6.07) is 1.83. The Morgan fingerprint density at radius 1 is 1.56 bits per heavy atom. The third-order valence-electron chi connectivity index (χ3n) is 3.03. The van der Waals surface area contributed by atoms with Crippen molar-refractivity contribution in [2.75, 3.05) is 12.4 Å². The van der Waals surface area contributed by atoms with E-state index in [4.69, 9.17) is 4.74 Å². The highest BCUT2D eigenvalue weighted by Gasteiger charge is 2.16. The van der Waals surface area contributed by atoms with E-state index in [0.29, 0.717) is 12.1 Å². The van der Waals surface area contributed by atoms with Crippen molar-refractivity contribution >= 4 is 11.8 Å². The Morgan fingerprint density at radius 3 is 3.06 bits per heavy atom. The van der Waals surface area contributed by atoms with Crippen LogP contribution in [0.2, 0.25) is 0 Å². The minimum atomic E-state index is -0.168. The number of hydrogen-bond donors (Lipinski definition) is 0. The topological polar surface area (TPSA) is 44.1 Å². The quantitative estimate of drug-likeness (QED) is 0.621. The Labute approximate surface area is 112 Å². The van der Waals surface area contributed by atoms with Crippen molar-refractivity contribution in [1.82, 2.24) is 9.55 Å². The van der Waals surface area contributed by atoms with Crippen LogP contribution in [0.25, 0.3) is 0 Å². The molecular weight excluding hydrogens is 248 g/mol. The molecule has 0 bridgehead atoms. The molecule has 0 amide bonds. The van der Waals surface area contributed by atoms with Crippen molar-refractivity contribution in [3.63, 3.8) is 0 Å². The van der Waals surface area contributed by atoms with E-state index in [0.717, 1.165) is 23.9 Å². The van der Waals surface area contributed by atoms with Crippen LogP contribution in [0.5, 0.6) is 0 Å². The summed E-state index contributed by atoms with van der Waals surface area (Å²) in [5.74, 6) is 0.878. The smallest absolute Gasteiger partial charge is 0.273 e. The molecule has 0 radical (unpaired) electrons. The number of ether oxygens (including phenoxy) is 1. The van der Waals surface area contributed by atoms with Crippen LogP contribution >= 0.6 is 11.8 Å². The second kappa shape index (κ2) is 6.38. The third kappa shape index (κ3) is 3.59. The van der Waals surface area contributed by atoms with Crippen molar-refractivity contribution < 1.29 is 4.74 Å². The lowest BCUT2D eigenvalue weighted by Crippen LogP contribution is -2.22. The van der Waals surface area contributed by atoms with E-state index in [1.54, 1.807) is 11.8 Å². The maximum atomic E-state index is 11.3. The van der Waals surface area contributed by atoms with Crippen LogP contribution in [-0.2, 0) is 4.74 Å². The van der Waals surface area contributed by atoms with Gasteiger partial charge in [-0.05, 0) is 33.1 Å². The fourth-order valence-corrected chi connectivity index (χ4v) is 3.18. The molecular formula is C13H20N2O2S. The van der Waals surface area contributed by atoms with Gasteiger partial charge in [-0.15, -0.1) is 0 Å². The lowest BCUT2D eigenvalue weighted by molar-refractivity contribution is 0.0315. The Balaban J connectivity index is 2.03. The van der Waals surface area contributed by atoms with Crippen LogP contribution in [0.1, 0.15) is 39.2 Å². The van der Waals surface area contributed by atoms with Gasteiger partial charge in [-0.3, -0.25) is 4.79 Å². The van der Waals surface area contributed by atoms with E-state index in [1.807, 2.05) is 10.8 Å². The minimum Gasteiger partial charge on any atom is -0.377 e. The highest BCUT2D eigenvalue weighted by molar-refractivity contribution is 7.99. The summed E-state index contributed by atoms with van der Waals surface area (Å²) >= 11 is 1.62. The summed E-state index contributed by atoms with van der Waals surface area (Å²) in [7, 11) is 0. The van der Waals surface area contributed by atoms with Gasteiger partial charge in [-0.2, -0.15) is 4.98 Å². The van der Waals surface area contributed by atoms with Crippen LogP contribution in [-0.4, -0.2) is 28.0 Å². The summed E-state index contributed by atoms with van der Waals surface area (Å²) in [4.78, 5) is 15.4. The van der Waals surface area contributed by atoms with E-state index < -0.39 is 0 Å². The molecule has 0 spiro atoms. The summed E-state index contributed by atoms with van der Waals surface area (Å²) in [5, 5.41) is 0.798. The SMILES string of the molecule is CC(C)n1ccc(=O)nc1SCC1CCCCO1. The lowest BCUT2D eigenvalue weighted by atomic mass is 10.1. The first kappa shape index (κ1) is 13.6. The van der Waals surface area contributed by atoms with Crippen LogP contribution in [0.3, 0.4) is 0 Å². The van der Waals surface area contributed by atoms with Gasteiger partial charge >= 0.3 is 0 Å². The van der Waals surface area contributed by atoms with E-state index in [2.05, 4.69) is 18.8 Å². The first-order chi connectivity index (χ1) is 8.66. The Bertz CT molecular complexity index is 439. The molecule has 2 heterocycles. The van der Waals surface area contributed by atoms with E-state index >= 15 is 0 Å². The average molecular weight is 268 g/mol. The molecule has 1 fully saturated rings. The lowest BCUT2D eigenvalue weighted by Gasteiger charge is -2.22. The maximum Gasteiger partial charge on any atom is 0.273 e. The third-order valence-corrected chi connectivity index (χ3v) is 4.13. The molecule has 1 aliphatic rings. The Morgan fingerprint density at radius 2 is 2.39 bits per heavy atom. The van der Waals surface area contributed by atoms with E-state index in [-0.39, 0.29) is 5.56 Å². The molecule has 18 heavy (non-hydrogen) atoms. The van der Waals surface area contributed by atoms with Gasteiger partial charge in [-0.1, -0.05) is 11.8 Å². The number of rotatable bonds is 4. The highest BCUT2D eigenvalue weighted by atomic mass is 32.2. The van der Waals surface area contributed by atoms with Crippen molar-refractivity contribution in [3.8, 4) is 0 Å². The normalized spacial score (nSPS) is 20.3. The van der Waals surface area contributed by atoms with Gasteiger partial charge in [0, 0.05) is 30.7 Å². The van der Waals surface area contributed by atoms with Gasteiger partial charge < -0.3 is 9.30 Å². The van der Waals surface area contributed by atoms with Crippen LogP contribution < -0.4 is 5.56 Å². The Kier molecular flexibility index (Phi) is 4.83. The molecule has 0 saturated carbocycles. The van der Waals surface area contributed by atoms with Crippen molar-refractivity contribution in [2.24, 2.45) is 0 Å². The number of hydrogen-bond acceptors (Lipinski definition) is 4. The molecule has 5 heteroatoms. The van der Waals surface area contributed by atoms with E-state index in [9.17, 15) is 4.79 Å². The fourth-order valence-electron chi connectivity index (χ4n) is 2.00. The molecule has 1 aromatic heterocycles. The van der Waals surface area contributed by atoms with E-state index in [1.165, 1.54) is 18.9 Å². The number of nitrogens with zero attached hydrogens (tertiary/aromatic N) is 2. The van der Waals surface area contributed by atoms with Crippen molar-refractivity contribution in [2.45, 2.75) is 50.4 Å². The molecule has 1 atom stereocenters. The Hall–Kier alpha value is -0.810. The standard InChI is InChI=1S/C13H20N2O2S/c1-10(2)15-7-6-12(16)14-13(15)18-9-11-5-3-4-8-17-11/h6-7,10-11H,3-5,8-9H2,1-2H3. The summed E-state index contributed by atoms with van der Waals surface area (Å²) < 4.78 is 7.73. The first-order valence-electron chi connectivity index (χ1n) is 6.50. The fraction of sp³-hybridized carbons (Fsp3) is 0.692. The van der Waals surface area contributed by atoms with Crippen LogP contribution in [0.4, 0.5) is 0 Å².